The zero-order chi connectivity index (χ0) is 11.4. The van der Waals surface area contributed by atoms with Gasteiger partial charge in [-0.3, -0.25) is 4.21 Å². The van der Waals surface area contributed by atoms with Gasteiger partial charge in [0.1, 0.15) is 0 Å². The van der Waals surface area contributed by atoms with Crippen molar-refractivity contribution in [2.24, 2.45) is 0 Å². The molecule has 0 aliphatic rings. The number of aromatic carboxylic acids is 1. The van der Waals surface area contributed by atoms with Gasteiger partial charge in [0.2, 0.25) is 5.76 Å². The summed E-state index contributed by atoms with van der Waals surface area (Å²) in [5.74, 6) is -0.342. The van der Waals surface area contributed by atoms with Gasteiger partial charge < -0.3 is 14.8 Å². The second-order valence-corrected chi connectivity index (χ2v) is 4.73. The standard InChI is InChI=1S/C9H13NO4S/c1-6(5-15(2)13)10-8-4-3-7(14-8)9(11)12/h3-4,6,10H,5H2,1-2H3,(H,11,12). The molecule has 0 aliphatic heterocycles. The van der Waals surface area contributed by atoms with E-state index in [-0.39, 0.29) is 11.8 Å². The fourth-order valence-electron chi connectivity index (χ4n) is 1.17. The quantitative estimate of drug-likeness (QED) is 0.794. The number of rotatable bonds is 5. The van der Waals surface area contributed by atoms with E-state index >= 15 is 0 Å². The van der Waals surface area contributed by atoms with Gasteiger partial charge in [0.15, 0.2) is 5.88 Å². The molecule has 2 unspecified atom stereocenters. The number of furan rings is 1. The molecule has 1 aromatic heterocycles. The maximum atomic E-state index is 10.9. The lowest BCUT2D eigenvalue weighted by Crippen LogP contribution is -2.21. The van der Waals surface area contributed by atoms with Crippen LogP contribution in [0.4, 0.5) is 5.88 Å². The lowest BCUT2D eigenvalue weighted by atomic mass is 10.4. The van der Waals surface area contributed by atoms with Crippen molar-refractivity contribution in [1.29, 1.82) is 0 Å². The molecule has 1 heterocycles. The molecule has 84 valence electrons. The number of carboxylic acid groups (broad SMARTS) is 1. The Morgan fingerprint density at radius 1 is 1.67 bits per heavy atom. The molecule has 0 fully saturated rings. The van der Waals surface area contributed by atoms with Crippen LogP contribution in [0.25, 0.3) is 0 Å². The normalized spacial score (nSPS) is 14.5. The van der Waals surface area contributed by atoms with E-state index in [1.807, 2.05) is 6.92 Å². The number of hydrogen-bond donors (Lipinski definition) is 2. The molecule has 0 aliphatic carbocycles. The summed E-state index contributed by atoms with van der Waals surface area (Å²) >= 11 is 0. The van der Waals surface area contributed by atoms with E-state index in [2.05, 4.69) is 5.32 Å². The van der Waals surface area contributed by atoms with Crippen LogP contribution in [0.1, 0.15) is 17.5 Å². The summed E-state index contributed by atoms with van der Waals surface area (Å²) in [6.45, 7) is 1.85. The summed E-state index contributed by atoms with van der Waals surface area (Å²) in [6.07, 6.45) is 1.61. The second kappa shape index (κ2) is 4.97. The summed E-state index contributed by atoms with van der Waals surface area (Å²) in [7, 11) is -0.892. The maximum absolute atomic E-state index is 10.9. The highest BCUT2D eigenvalue weighted by molar-refractivity contribution is 7.84. The van der Waals surface area contributed by atoms with Crippen LogP contribution in [0.2, 0.25) is 0 Å². The van der Waals surface area contributed by atoms with Gasteiger partial charge in [-0.05, 0) is 13.0 Å². The SMILES string of the molecule is CC(CS(C)=O)Nc1ccc(C(=O)O)o1. The van der Waals surface area contributed by atoms with Gasteiger partial charge in [0.05, 0.1) is 0 Å². The molecule has 1 aromatic rings. The lowest BCUT2D eigenvalue weighted by Gasteiger charge is -2.10. The summed E-state index contributed by atoms with van der Waals surface area (Å²) < 4.78 is 15.9. The monoisotopic (exact) mass is 231 g/mol. The summed E-state index contributed by atoms with van der Waals surface area (Å²) in [4.78, 5) is 10.5. The fourth-order valence-corrected chi connectivity index (χ4v) is 1.95. The highest BCUT2D eigenvalue weighted by atomic mass is 32.2. The topological polar surface area (TPSA) is 79.5 Å². The Morgan fingerprint density at radius 2 is 2.33 bits per heavy atom. The molecule has 0 spiro atoms. The van der Waals surface area contributed by atoms with Gasteiger partial charge in [-0.2, -0.15) is 0 Å². The highest BCUT2D eigenvalue weighted by Gasteiger charge is 2.11. The van der Waals surface area contributed by atoms with Crippen LogP contribution in [0.15, 0.2) is 16.5 Å². The first kappa shape index (κ1) is 11.8. The van der Waals surface area contributed by atoms with Gasteiger partial charge in [0, 0.05) is 34.9 Å². The van der Waals surface area contributed by atoms with Crippen molar-refractivity contribution >= 4 is 22.7 Å². The van der Waals surface area contributed by atoms with Crippen molar-refractivity contribution in [3.05, 3.63) is 17.9 Å². The molecular formula is C9H13NO4S. The third-order valence-corrected chi connectivity index (χ3v) is 2.66. The molecule has 5 nitrogen and oxygen atoms in total. The molecule has 0 aromatic carbocycles. The van der Waals surface area contributed by atoms with E-state index in [1.165, 1.54) is 6.07 Å². The third-order valence-electron chi connectivity index (χ3n) is 1.69. The van der Waals surface area contributed by atoms with Crippen LogP contribution >= 0.6 is 0 Å². The Labute approximate surface area is 89.9 Å². The van der Waals surface area contributed by atoms with Gasteiger partial charge in [-0.15, -0.1) is 0 Å². The molecule has 1 rings (SSSR count). The van der Waals surface area contributed by atoms with Crippen LogP contribution in [0.3, 0.4) is 0 Å². The predicted molar refractivity (Wildman–Crippen MR) is 57.7 cm³/mol. The predicted octanol–water partition coefficient (Wildman–Crippen LogP) is 1.16. The molecular weight excluding hydrogens is 218 g/mol. The van der Waals surface area contributed by atoms with Crippen molar-refractivity contribution in [2.75, 3.05) is 17.3 Å². The number of hydrogen-bond acceptors (Lipinski definition) is 4. The van der Waals surface area contributed by atoms with Crippen LogP contribution < -0.4 is 5.32 Å². The Bertz CT molecular complexity index is 374. The Morgan fingerprint density at radius 3 is 2.80 bits per heavy atom. The minimum atomic E-state index is -1.10. The van der Waals surface area contributed by atoms with Crippen molar-refractivity contribution in [2.45, 2.75) is 13.0 Å². The molecule has 2 atom stereocenters. The average Bonchev–Trinajstić information content (AvgIpc) is 2.50. The lowest BCUT2D eigenvalue weighted by molar-refractivity contribution is 0.0663. The number of carboxylic acids is 1. The van der Waals surface area contributed by atoms with E-state index in [0.29, 0.717) is 11.6 Å². The van der Waals surface area contributed by atoms with Crippen LogP contribution in [0, 0.1) is 0 Å². The number of anilines is 1. The van der Waals surface area contributed by atoms with Crippen molar-refractivity contribution < 1.29 is 18.5 Å². The Hall–Kier alpha value is -1.30. The molecule has 0 saturated heterocycles. The van der Waals surface area contributed by atoms with Crippen molar-refractivity contribution in [1.82, 2.24) is 0 Å². The van der Waals surface area contributed by atoms with Gasteiger partial charge in [-0.25, -0.2) is 4.79 Å². The first-order valence-electron chi connectivity index (χ1n) is 4.38. The van der Waals surface area contributed by atoms with E-state index in [0.717, 1.165) is 0 Å². The van der Waals surface area contributed by atoms with E-state index in [1.54, 1.807) is 12.3 Å². The zero-order valence-corrected chi connectivity index (χ0v) is 9.34. The van der Waals surface area contributed by atoms with E-state index in [4.69, 9.17) is 9.52 Å². The zero-order valence-electron chi connectivity index (χ0n) is 8.52. The summed E-state index contributed by atoms with van der Waals surface area (Å²) in [5.41, 5.74) is 0. The van der Waals surface area contributed by atoms with Crippen LogP contribution in [-0.2, 0) is 10.8 Å². The first-order valence-corrected chi connectivity index (χ1v) is 6.11. The van der Waals surface area contributed by atoms with Gasteiger partial charge in [-0.1, -0.05) is 0 Å². The van der Waals surface area contributed by atoms with Crippen LogP contribution in [0.5, 0.6) is 0 Å². The summed E-state index contributed by atoms with van der Waals surface area (Å²) in [5, 5.41) is 11.5. The second-order valence-electron chi connectivity index (χ2n) is 3.25. The van der Waals surface area contributed by atoms with Crippen molar-refractivity contribution in [3.63, 3.8) is 0 Å². The van der Waals surface area contributed by atoms with E-state index < -0.39 is 16.8 Å². The van der Waals surface area contributed by atoms with Gasteiger partial charge >= 0.3 is 5.97 Å². The molecule has 0 radical (unpaired) electrons. The molecule has 0 bridgehead atoms. The molecule has 0 saturated carbocycles. The minimum absolute atomic E-state index is 0.0244. The average molecular weight is 231 g/mol. The number of carbonyl (C=O) groups is 1. The molecule has 2 N–H and O–H groups in total. The van der Waals surface area contributed by atoms with Crippen LogP contribution in [-0.4, -0.2) is 33.3 Å². The summed E-state index contributed by atoms with van der Waals surface area (Å²) in [6, 6.07) is 2.89. The highest BCUT2D eigenvalue weighted by Crippen LogP contribution is 2.14. The largest absolute Gasteiger partial charge is 0.475 e. The molecule has 0 amide bonds. The number of nitrogens with one attached hydrogen (secondary N) is 1. The Balaban J connectivity index is 2.57. The smallest absolute Gasteiger partial charge is 0.371 e. The molecule has 6 heteroatoms. The minimum Gasteiger partial charge on any atom is -0.475 e. The first-order chi connectivity index (χ1) is 6.99. The third kappa shape index (κ3) is 3.75. The fraction of sp³-hybridized carbons (Fsp3) is 0.444. The molecule has 15 heavy (non-hydrogen) atoms. The van der Waals surface area contributed by atoms with E-state index in [9.17, 15) is 9.00 Å². The Kier molecular flexibility index (Phi) is 3.90. The van der Waals surface area contributed by atoms with Gasteiger partial charge in [0.25, 0.3) is 0 Å². The van der Waals surface area contributed by atoms with Crippen molar-refractivity contribution in [3.8, 4) is 0 Å². The maximum Gasteiger partial charge on any atom is 0.371 e.